The smallest absolute Gasteiger partial charge is 0.350 e. The SMILES string of the molecule is C=CC(=O)N1CCN(c2nc(=O)n(-c3c(C(C)C)cccc3S(C)(=O)=O)c3nc(-c4c(F)cccc4F)c(F)cc23)[C@@H](C)C1. The number of hydrogen-bond acceptors (Lipinski definition) is 7. The maximum absolute atomic E-state index is 15.8. The number of carbonyl (C=O) groups excluding carboxylic acids is 1. The predicted molar refractivity (Wildman–Crippen MR) is 161 cm³/mol. The van der Waals surface area contributed by atoms with Gasteiger partial charge in [0, 0.05) is 31.9 Å². The van der Waals surface area contributed by atoms with Gasteiger partial charge < -0.3 is 9.80 Å². The van der Waals surface area contributed by atoms with Crippen LogP contribution in [0.3, 0.4) is 0 Å². The quantitative estimate of drug-likeness (QED) is 0.288. The summed E-state index contributed by atoms with van der Waals surface area (Å²) < 4.78 is 72.6. The Morgan fingerprint density at radius 2 is 1.70 bits per heavy atom. The summed E-state index contributed by atoms with van der Waals surface area (Å²) >= 11 is 0. The van der Waals surface area contributed by atoms with E-state index in [1.165, 1.54) is 12.1 Å². The van der Waals surface area contributed by atoms with Gasteiger partial charge in [-0.25, -0.2) is 35.9 Å². The molecule has 0 saturated carbocycles. The van der Waals surface area contributed by atoms with E-state index in [-0.39, 0.29) is 64.9 Å². The minimum Gasteiger partial charge on any atom is -0.350 e. The molecule has 1 aliphatic rings. The molecular weight excluding hydrogens is 595 g/mol. The number of amides is 1. The third kappa shape index (κ3) is 5.36. The van der Waals surface area contributed by atoms with Crippen LogP contribution in [0, 0.1) is 17.5 Å². The Morgan fingerprint density at radius 3 is 2.30 bits per heavy atom. The molecule has 44 heavy (non-hydrogen) atoms. The average Bonchev–Trinajstić information content (AvgIpc) is 2.96. The summed E-state index contributed by atoms with van der Waals surface area (Å²) in [6, 6.07) is 8.17. The molecule has 1 atom stereocenters. The van der Waals surface area contributed by atoms with Crippen molar-refractivity contribution in [2.75, 3.05) is 30.8 Å². The topological polar surface area (TPSA) is 105 Å². The molecule has 9 nitrogen and oxygen atoms in total. The van der Waals surface area contributed by atoms with Gasteiger partial charge in [-0.15, -0.1) is 0 Å². The average molecular weight is 626 g/mol. The van der Waals surface area contributed by atoms with E-state index in [9.17, 15) is 26.8 Å². The number of rotatable bonds is 6. The van der Waals surface area contributed by atoms with Crippen LogP contribution in [-0.4, -0.2) is 65.7 Å². The minimum absolute atomic E-state index is 0.0101. The fraction of sp³-hybridized carbons (Fsp3) is 0.290. The van der Waals surface area contributed by atoms with Crippen LogP contribution in [0.4, 0.5) is 19.0 Å². The molecule has 0 bridgehead atoms. The summed E-state index contributed by atoms with van der Waals surface area (Å²) in [6.07, 6.45) is 2.19. The van der Waals surface area contributed by atoms with Crippen LogP contribution in [-0.2, 0) is 14.6 Å². The molecule has 0 spiro atoms. The molecule has 0 aliphatic carbocycles. The Balaban J connectivity index is 1.90. The number of para-hydroxylation sites is 1. The first-order valence-corrected chi connectivity index (χ1v) is 15.7. The molecule has 0 radical (unpaired) electrons. The van der Waals surface area contributed by atoms with E-state index in [0.717, 1.165) is 35.1 Å². The Labute approximate surface area is 252 Å². The first-order valence-electron chi connectivity index (χ1n) is 13.8. The molecule has 0 N–H and O–H groups in total. The van der Waals surface area contributed by atoms with Crippen LogP contribution >= 0.6 is 0 Å². The van der Waals surface area contributed by atoms with Crippen molar-refractivity contribution in [3.05, 3.63) is 88.6 Å². The van der Waals surface area contributed by atoms with Crippen molar-refractivity contribution in [2.24, 2.45) is 0 Å². The van der Waals surface area contributed by atoms with E-state index in [1.807, 2.05) is 0 Å². The van der Waals surface area contributed by atoms with Crippen molar-refractivity contribution in [3.8, 4) is 16.9 Å². The van der Waals surface area contributed by atoms with Crippen molar-refractivity contribution in [1.82, 2.24) is 19.4 Å². The summed E-state index contributed by atoms with van der Waals surface area (Å²) in [7, 11) is -3.93. The monoisotopic (exact) mass is 625 g/mol. The van der Waals surface area contributed by atoms with Crippen LogP contribution in [0.15, 0.2) is 64.8 Å². The molecule has 1 saturated heterocycles. The molecule has 1 fully saturated rings. The second-order valence-electron chi connectivity index (χ2n) is 11.0. The molecule has 2 aromatic carbocycles. The van der Waals surface area contributed by atoms with E-state index in [0.29, 0.717) is 5.56 Å². The number of nitrogens with zero attached hydrogens (tertiary/aromatic N) is 5. The first kappa shape index (κ1) is 30.9. The number of halogens is 3. The lowest BCUT2D eigenvalue weighted by atomic mass is 10.0. The highest BCUT2D eigenvalue weighted by Gasteiger charge is 2.32. The van der Waals surface area contributed by atoms with Crippen LogP contribution in [0.2, 0.25) is 0 Å². The fourth-order valence-electron chi connectivity index (χ4n) is 5.57. The van der Waals surface area contributed by atoms with Crippen LogP contribution in [0.1, 0.15) is 32.3 Å². The normalized spacial score (nSPS) is 15.7. The lowest BCUT2D eigenvalue weighted by Gasteiger charge is -2.40. The number of benzene rings is 2. The van der Waals surface area contributed by atoms with Crippen molar-refractivity contribution >= 4 is 32.6 Å². The summed E-state index contributed by atoms with van der Waals surface area (Å²) in [5.74, 6) is -3.75. The molecule has 13 heteroatoms. The van der Waals surface area contributed by atoms with Crippen molar-refractivity contribution in [1.29, 1.82) is 0 Å². The molecule has 230 valence electrons. The van der Waals surface area contributed by atoms with Gasteiger partial charge in [-0.2, -0.15) is 4.98 Å². The van der Waals surface area contributed by atoms with Gasteiger partial charge in [-0.05, 0) is 48.7 Å². The van der Waals surface area contributed by atoms with Crippen LogP contribution < -0.4 is 10.6 Å². The van der Waals surface area contributed by atoms with Gasteiger partial charge in [-0.3, -0.25) is 4.79 Å². The zero-order valence-electron chi connectivity index (χ0n) is 24.5. The second-order valence-corrected chi connectivity index (χ2v) is 13.0. The van der Waals surface area contributed by atoms with Crippen molar-refractivity contribution in [3.63, 3.8) is 0 Å². The zero-order valence-corrected chi connectivity index (χ0v) is 25.3. The van der Waals surface area contributed by atoms with Gasteiger partial charge in [-0.1, -0.05) is 38.6 Å². The largest absolute Gasteiger partial charge is 0.355 e. The molecule has 5 rings (SSSR count). The highest BCUT2D eigenvalue weighted by atomic mass is 32.2. The standard InChI is InChI=1S/C31H30F3N5O4S/c1-6-25(40)37-13-14-38(18(4)16-37)29-20-15-23(34)27(26-21(32)10-8-11-22(26)33)35-30(20)39(31(41)36-29)28-19(17(2)3)9-7-12-24(28)44(5,42)43/h6-12,15,17-18H,1,13-14,16H2,2-5H3/t18-/m0/s1. The summed E-state index contributed by atoms with van der Waals surface area (Å²) in [5.41, 5.74) is -2.19. The summed E-state index contributed by atoms with van der Waals surface area (Å²) in [6.45, 7) is 9.65. The molecule has 2 aromatic heterocycles. The number of aromatic nitrogens is 3. The van der Waals surface area contributed by atoms with Crippen molar-refractivity contribution in [2.45, 2.75) is 37.6 Å². The van der Waals surface area contributed by atoms with E-state index in [2.05, 4.69) is 16.5 Å². The van der Waals surface area contributed by atoms with Gasteiger partial charge >= 0.3 is 5.69 Å². The zero-order chi connectivity index (χ0) is 32.1. The highest BCUT2D eigenvalue weighted by molar-refractivity contribution is 7.90. The number of anilines is 1. The first-order chi connectivity index (χ1) is 20.7. The molecule has 1 amide bonds. The minimum atomic E-state index is -3.93. The third-order valence-electron chi connectivity index (χ3n) is 7.66. The van der Waals surface area contributed by atoms with Gasteiger partial charge in [0.15, 0.2) is 21.3 Å². The summed E-state index contributed by atoms with van der Waals surface area (Å²) in [4.78, 5) is 38.0. The Morgan fingerprint density at radius 1 is 1.05 bits per heavy atom. The van der Waals surface area contributed by atoms with Gasteiger partial charge in [0.1, 0.15) is 23.1 Å². The van der Waals surface area contributed by atoms with Crippen LogP contribution in [0.25, 0.3) is 28.0 Å². The number of pyridine rings is 1. The summed E-state index contributed by atoms with van der Waals surface area (Å²) in [5, 5.41) is 0.0101. The second kappa shape index (κ2) is 11.5. The van der Waals surface area contributed by atoms with E-state index >= 15 is 4.39 Å². The molecule has 0 unspecified atom stereocenters. The Bertz CT molecular complexity index is 1970. The van der Waals surface area contributed by atoms with E-state index < -0.39 is 44.2 Å². The van der Waals surface area contributed by atoms with E-state index in [4.69, 9.17) is 0 Å². The Hall–Kier alpha value is -4.52. The van der Waals surface area contributed by atoms with Crippen LogP contribution in [0.5, 0.6) is 0 Å². The molecular formula is C31H30F3N5O4S. The van der Waals surface area contributed by atoms with Crippen molar-refractivity contribution < 1.29 is 26.4 Å². The highest BCUT2D eigenvalue weighted by Crippen LogP contribution is 2.36. The predicted octanol–water partition coefficient (Wildman–Crippen LogP) is 4.62. The van der Waals surface area contributed by atoms with Gasteiger partial charge in [0.05, 0.1) is 21.5 Å². The Kier molecular flexibility index (Phi) is 8.10. The molecule has 1 aliphatic heterocycles. The van der Waals surface area contributed by atoms with E-state index in [1.54, 1.807) is 42.7 Å². The fourth-order valence-corrected chi connectivity index (χ4v) is 6.46. The molecule has 3 heterocycles. The number of carbonyl (C=O) groups is 1. The maximum atomic E-state index is 15.8. The maximum Gasteiger partial charge on any atom is 0.355 e. The number of sulfone groups is 1. The number of piperazine rings is 1. The lowest BCUT2D eigenvalue weighted by molar-refractivity contribution is -0.126. The number of hydrogen-bond donors (Lipinski definition) is 0. The van der Waals surface area contributed by atoms with Gasteiger partial charge in [0.2, 0.25) is 5.91 Å². The van der Waals surface area contributed by atoms with Gasteiger partial charge in [0.25, 0.3) is 0 Å². The molecule has 4 aromatic rings. The lowest BCUT2D eigenvalue weighted by Crippen LogP contribution is -2.54. The number of fused-ring (bicyclic) bond motifs is 1. The third-order valence-corrected chi connectivity index (χ3v) is 8.79.